The van der Waals surface area contributed by atoms with Crippen LogP contribution in [0.1, 0.15) is 34.3 Å². The Morgan fingerprint density at radius 3 is 2.26 bits per heavy atom. The maximum atomic E-state index is 12.4. The quantitative estimate of drug-likeness (QED) is 0.695. The van der Waals surface area contributed by atoms with Crippen molar-refractivity contribution in [1.82, 2.24) is 10.9 Å². The van der Waals surface area contributed by atoms with Crippen LogP contribution < -0.4 is 15.6 Å². The molecular formula is C22H22N2O3. The van der Waals surface area contributed by atoms with E-state index in [1.54, 1.807) is 26.2 Å². The summed E-state index contributed by atoms with van der Waals surface area (Å²) < 4.78 is 5.23. The molecule has 1 atom stereocenters. The lowest BCUT2D eigenvalue weighted by Gasteiger charge is -2.14. The normalized spacial score (nSPS) is 11.7. The second kappa shape index (κ2) is 7.91. The summed E-state index contributed by atoms with van der Waals surface area (Å²) >= 11 is 0. The average molecular weight is 362 g/mol. The lowest BCUT2D eigenvalue weighted by Crippen LogP contribution is -2.43. The lowest BCUT2D eigenvalue weighted by molar-refractivity contribution is -0.123. The SMILES string of the molecule is COc1ccc2cc([C@H](C)C(=O)NNC(=O)c3ccc(C)cc3)ccc2c1. The van der Waals surface area contributed by atoms with Crippen molar-refractivity contribution in [1.29, 1.82) is 0 Å². The van der Waals surface area contributed by atoms with Gasteiger partial charge in [-0.3, -0.25) is 20.4 Å². The van der Waals surface area contributed by atoms with E-state index < -0.39 is 5.92 Å². The first kappa shape index (κ1) is 18.5. The van der Waals surface area contributed by atoms with Gasteiger partial charge in [0.1, 0.15) is 5.75 Å². The first-order chi connectivity index (χ1) is 13.0. The van der Waals surface area contributed by atoms with Crippen molar-refractivity contribution in [3.63, 3.8) is 0 Å². The van der Waals surface area contributed by atoms with Crippen molar-refractivity contribution in [2.45, 2.75) is 19.8 Å². The number of ether oxygens (including phenoxy) is 1. The van der Waals surface area contributed by atoms with Crippen LogP contribution in [0.3, 0.4) is 0 Å². The molecule has 27 heavy (non-hydrogen) atoms. The molecular weight excluding hydrogens is 340 g/mol. The molecule has 138 valence electrons. The smallest absolute Gasteiger partial charge is 0.269 e. The Kier molecular flexibility index (Phi) is 5.41. The van der Waals surface area contributed by atoms with Crippen LogP contribution >= 0.6 is 0 Å². The van der Waals surface area contributed by atoms with E-state index in [0.29, 0.717) is 5.56 Å². The molecule has 0 aliphatic rings. The van der Waals surface area contributed by atoms with E-state index in [0.717, 1.165) is 27.6 Å². The summed E-state index contributed by atoms with van der Waals surface area (Å²) in [7, 11) is 1.63. The highest BCUT2D eigenvalue weighted by Gasteiger charge is 2.16. The second-order valence-electron chi connectivity index (χ2n) is 6.50. The predicted octanol–water partition coefficient (Wildman–Crippen LogP) is 3.72. The first-order valence-electron chi connectivity index (χ1n) is 8.72. The fourth-order valence-corrected chi connectivity index (χ4v) is 2.79. The molecule has 5 heteroatoms. The average Bonchev–Trinajstić information content (AvgIpc) is 2.70. The van der Waals surface area contributed by atoms with Crippen molar-refractivity contribution < 1.29 is 14.3 Å². The molecule has 0 saturated carbocycles. The van der Waals surface area contributed by atoms with Gasteiger partial charge in [-0.25, -0.2) is 0 Å². The number of hydrazine groups is 1. The molecule has 3 rings (SSSR count). The van der Waals surface area contributed by atoms with Gasteiger partial charge in [0.15, 0.2) is 0 Å². The Hall–Kier alpha value is -3.34. The minimum absolute atomic E-state index is 0.275. The molecule has 0 aromatic heterocycles. The Morgan fingerprint density at radius 1 is 0.889 bits per heavy atom. The summed E-state index contributed by atoms with van der Waals surface area (Å²) in [5.74, 6) is -0.237. The van der Waals surface area contributed by atoms with E-state index in [1.165, 1.54) is 0 Å². The van der Waals surface area contributed by atoms with Gasteiger partial charge in [-0.05, 0) is 54.4 Å². The summed E-state index contributed by atoms with van der Waals surface area (Å²) in [6, 6.07) is 18.8. The fraction of sp³-hybridized carbons (Fsp3) is 0.182. The number of methoxy groups -OCH3 is 1. The maximum Gasteiger partial charge on any atom is 0.269 e. The molecule has 0 spiro atoms. The van der Waals surface area contributed by atoms with Gasteiger partial charge in [0, 0.05) is 5.56 Å². The van der Waals surface area contributed by atoms with E-state index in [9.17, 15) is 9.59 Å². The number of carbonyl (C=O) groups is 2. The number of nitrogens with one attached hydrogen (secondary N) is 2. The van der Waals surface area contributed by atoms with Gasteiger partial charge in [0.2, 0.25) is 5.91 Å². The zero-order valence-electron chi connectivity index (χ0n) is 15.6. The molecule has 0 radical (unpaired) electrons. The monoisotopic (exact) mass is 362 g/mol. The highest BCUT2D eigenvalue weighted by Crippen LogP contribution is 2.25. The number of fused-ring (bicyclic) bond motifs is 1. The van der Waals surface area contributed by atoms with Gasteiger partial charge in [0.25, 0.3) is 5.91 Å². The topological polar surface area (TPSA) is 67.4 Å². The fourth-order valence-electron chi connectivity index (χ4n) is 2.79. The summed E-state index contributed by atoms with van der Waals surface area (Å²) in [5.41, 5.74) is 7.40. The van der Waals surface area contributed by atoms with Crippen molar-refractivity contribution in [3.05, 3.63) is 77.4 Å². The number of benzene rings is 3. The van der Waals surface area contributed by atoms with Crippen LogP contribution in [0, 0.1) is 6.92 Å². The number of hydrogen-bond donors (Lipinski definition) is 2. The molecule has 0 saturated heterocycles. The van der Waals surface area contributed by atoms with Crippen LogP contribution in [0.2, 0.25) is 0 Å². The number of amides is 2. The van der Waals surface area contributed by atoms with Crippen LogP contribution in [0.15, 0.2) is 60.7 Å². The minimum Gasteiger partial charge on any atom is -0.497 e. The maximum absolute atomic E-state index is 12.4. The molecule has 0 aliphatic heterocycles. The third kappa shape index (κ3) is 4.26. The van der Waals surface area contributed by atoms with Crippen LogP contribution in [-0.4, -0.2) is 18.9 Å². The van der Waals surface area contributed by atoms with Gasteiger partial charge in [-0.15, -0.1) is 0 Å². The van der Waals surface area contributed by atoms with E-state index in [4.69, 9.17) is 4.74 Å². The number of carbonyl (C=O) groups excluding carboxylic acids is 2. The van der Waals surface area contributed by atoms with Crippen molar-refractivity contribution in [3.8, 4) is 5.75 Å². The zero-order chi connectivity index (χ0) is 19.4. The summed E-state index contributed by atoms with van der Waals surface area (Å²) in [6.45, 7) is 3.75. The van der Waals surface area contributed by atoms with E-state index >= 15 is 0 Å². The number of rotatable bonds is 4. The Labute approximate surface area is 158 Å². The Balaban J connectivity index is 1.66. The number of aryl methyl sites for hydroxylation is 1. The summed E-state index contributed by atoms with van der Waals surface area (Å²) in [5, 5.41) is 2.06. The van der Waals surface area contributed by atoms with Crippen LogP contribution in [0.5, 0.6) is 5.75 Å². The second-order valence-corrected chi connectivity index (χ2v) is 6.50. The van der Waals surface area contributed by atoms with E-state index in [-0.39, 0.29) is 11.8 Å². The molecule has 5 nitrogen and oxygen atoms in total. The first-order valence-corrected chi connectivity index (χ1v) is 8.72. The zero-order valence-corrected chi connectivity index (χ0v) is 15.6. The molecule has 2 N–H and O–H groups in total. The molecule has 2 amide bonds. The Morgan fingerprint density at radius 2 is 1.56 bits per heavy atom. The third-order valence-corrected chi connectivity index (χ3v) is 4.58. The molecule has 3 aromatic rings. The molecule has 3 aromatic carbocycles. The van der Waals surface area contributed by atoms with Gasteiger partial charge in [-0.2, -0.15) is 0 Å². The standard InChI is InChI=1S/C22H22N2O3/c1-14-4-6-16(7-5-14)22(26)24-23-21(25)15(2)17-8-9-19-13-20(27-3)11-10-18(19)12-17/h4-13,15H,1-3H3,(H,23,25)(H,24,26)/t15-/m0/s1. The largest absolute Gasteiger partial charge is 0.497 e. The lowest BCUT2D eigenvalue weighted by atomic mass is 9.97. The van der Waals surface area contributed by atoms with Gasteiger partial charge in [0.05, 0.1) is 13.0 Å². The highest BCUT2D eigenvalue weighted by molar-refractivity contribution is 5.96. The van der Waals surface area contributed by atoms with Gasteiger partial charge >= 0.3 is 0 Å². The highest BCUT2D eigenvalue weighted by atomic mass is 16.5. The molecule has 0 heterocycles. The van der Waals surface area contributed by atoms with Crippen molar-refractivity contribution in [2.75, 3.05) is 7.11 Å². The summed E-state index contributed by atoms with van der Waals surface area (Å²) in [6.07, 6.45) is 0. The molecule has 0 aliphatic carbocycles. The van der Waals surface area contributed by atoms with Crippen LogP contribution in [0.25, 0.3) is 10.8 Å². The molecule has 0 bridgehead atoms. The Bertz CT molecular complexity index is 981. The van der Waals surface area contributed by atoms with E-state index in [2.05, 4.69) is 10.9 Å². The predicted molar refractivity (Wildman–Crippen MR) is 106 cm³/mol. The van der Waals surface area contributed by atoms with Gasteiger partial charge in [-0.1, -0.05) is 42.0 Å². The van der Waals surface area contributed by atoms with Gasteiger partial charge < -0.3 is 4.74 Å². The molecule has 0 unspecified atom stereocenters. The van der Waals surface area contributed by atoms with E-state index in [1.807, 2.05) is 55.5 Å². The van der Waals surface area contributed by atoms with Crippen molar-refractivity contribution in [2.24, 2.45) is 0 Å². The van der Waals surface area contributed by atoms with Crippen molar-refractivity contribution >= 4 is 22.6 Å². The minimum atomic E-state index is -0.408. The summed E-state index contributed by atoms with van der Waals surface area (Å²) in [4.78, 5) is 24.5. The number of hydrogen-bond acceptors (Lipinski definition) is 3. The third-order valence-electron chi connectivity index (χ3n) is 4.58. The van der Waals surface area contributed by atoms with Crippen LogP contribution in [-0.2, 0) is 4.79 Å². The molecule has 0 fully saturated rings. The van der Waals surface area contributed by atoms with Crippen LogP contribution in [0.4, 0.5) is 0 Å².